The van der Waals surface area contributed by atoms with Crippen LogP contribution in [0.5, 0.6) is 0 Å². The third-order valence-corrected chi connectivity index (χ3v) is 4.61. The number of fused-ring (bicyclic) bond motifs is 1. The van der Waals surface area contributed by atoms with Gasteiger partial charge in [-0.1, -0.05) is 17.7 Å². The first-order valence-electron chi connectivity index (χ1n) is 6.48. The maximum Gasteiger partial charge on any atom is 0.133 e. The highest BCUT2D eigenvalue weighted by Gasteiger charge is 2.24. The van der Waals surface area contributed by atoms with Crippen LogP contribution in [0, 0.1) is 0 Å². The van der Waals surface area contributed by atoms with Crippen LogP contribution in [-0.2, 0) is 6.42 Å². The summed E-state index contributed by atoms with van der Waals surface area (Å²) in [6.07, 6.45) is 1.02. The molecule has 3 aromatic rings. The third kappa shape index (κ3) is 1.84. The normalized spacial score (nSPS) is 13.2. The van der Waals surface area contributed by atoms with Gasteiger partial charge in [0.2, 0.25) is 0 Å². The second kappa shape index (κ2) is 4.65. The first-order chi connectivity index (χ1) is 9.83. The van der Waals surface area contributed by atoms with Crippen LogP contribution in [0.4, 0.5) is 5.82 Å². The summed E-state index contributed by atoms with van der Waals surface area (Å²) in [4.78, 5) is 1.22. The minimum absolute atomic E-state index is 0.740. The number of halogens is 1. The molecule has 0 fully saturated rings. The van der Waals surface area contributed by atoms with E-state index in [9.17, 15) is 0 Å². The van der Waals surface area contributed by atoms with Crippen LogP contribution < -0.4 is 5.32 Å². The van der Waals surface area contributed by atoms with E-state index < -0.39 is 0 Å². The lowest BCUT2D eigenvalue weighted by atomic mass is 10.2. The summed E-state index contributed by atoms with van der Waals surface area (Å²) in [5, 5.41) is 11.1. The lowest BCUT2D eigenvalue weighted by molar-refractivity contribution is 0.883. The maximum absolute atomic E-state index is 5.96. The minimum atomic E-state index is 0.740. The van der Waals surface area contributed by atoms with E-state index in [4.69, 9.17) is 16.7 Å². The maximum atomic E-state index is 5.96. The van der Waals surface area contributed by atoms with Crippen LogP contribution in [-0.4, -0.2) is 16.3 Å². The Hall–Kier alpha value is -1.78. The van der Waals surface area contributed by atoms with Gasteiger partial charge < -0.3 is 5.32 Å². The van der Waals surface area contributed by atoms with E-state index in [1.807, 2.05) is 28.9 Å². The molecule has 0 radical (unpaired) electrons. The molecule has 0 bridgehead atoms. The van der Waals surface area contributed by atoms with Crippen molar-refractivity contribution in [3.8, 4) is 16.3 Å². The standard InChI is InChI=1S/C15H12ClN3S/c16-10-3-5-11(6-4-10)19-15-12(7-8-17-15)14(18-19)13-2-1-9-20-13/h1-6,9,17H,7-8H2. The number of hydrogen-bond donors (Lipinski definition) is 1. The highest BCUT2D eigenvalue weighted by Crippen LogP contribution is 2.36. The Morgan fingerprint density at radius 1 is 1.20 bits per heavy atom. The number of benzene rings is 1. The van der Waals surface area contributed by atoms with E-state index in [1.54, 1.807) is 11.3 Å². The zero-order valence-corrected chi connectivity index (χ0v) is 12.2. The molecule has 0 unspecified atom stereocenters. The van der Waals surface area contributed by atoms with Gasteiger partial charge in [-0.15, -0.1) is 11.3 Å². The summed E-state index contributed by atoms with van der Waals surface area (Å²) < 4.78 is 1.98. The lowest BCUT2D eigenvalue weighted by Gasteiger charge is -2.06. The Balaban J connectivity index is 1.89. The van der Waals surface area contributed by atoms with Crippen LogP contribution in [0.25, 0.3) is 16.3 Å². The number of nitrogens with zero attached hydrogens (tertiary/aromatic N) is 2. The van der Waals surface area contributed by atoms with Gasteiger partial charge in [-0.2, -0.15) is 5.10 Å². The molecule has 2 aromatic heterocycles. The van der Waals surface area contributed by atoms with E-state index >= 15 is 0 Å². The van der Waals surface area contributed by atoms with Gasteiger partial charge in [-0.05, 0) is 42.1 Å². The Morgan fingerprint density at radius 2 is 2.05 bits per heavy atom. The molecule has 100 valence electrons. The molecule has 4 rings (SSSR count). The second-order valence-electron chi connectivity index (χ2n) is 4.72. The molecule has 1 aromatic carbocycles. The molecule has 0 spiro atoms. The largest absolute Gasteiger partial charge is 0.369 e. The Morgan fingerprint density at radius 3 is 2.80 bits per heavy atom. The van der Waals surface area contributed by atoms with E-state index in [-0.39, 0.29) is 0 Å². The molecular weight excluding hydrogens is 290 g/mol. The van der Waals surface area contributed by atoms with E-state index in [1.165, 1.54) is 10.4 Å². The average molecular weight is 302 g/mol. The number of anilines is 1. The van der Waals surface area contributed by atoms with Crippen LogP contribution in [0.1, 0.15) is 5.56 Å². The molecule has 1 N–H and O–H groups in total. The number of nitrogens with one attached hydrogen (secondary N) is 1. The lowest BCUT2D eigenvalue weighted by Crippen LogP contribution is -2.03. The van der Waals surface area contributed by atoms with E-state index in [0.29, 0.717) is 0 Å². The SMILES string of the molecule is Clc1ccc(-n2nc(-c3cccs3)c3c2NCC3)cc1. The van der Waals surface area contributed by atoms with Crippen molar-refractivity contribution in [1.29, 1.82) is 0 Å². The predicted octanol–water partition coefficient (Wildman–Crippen LogP) is 4.22. The molecule has 1 aliphatic rings. The fraction of sp³-hybridized carbons (Fsp3) is 0.133. The number of rotatable bonds is 2. The van der Waals surface area contributed by atoms with Crippen molar-refractivity contribution < 1.29 is 0 Å². The molecule has 0 amide bonds. The molecule has 0 aliphatic carbocycles. The third-order valence-electron chi connectivity index (χ3n) is 3.48. The summed E-state index contributed by atoms with van der Waals surface area (Å²) in [5.41, 5.74) is 3.43. The highest BCUT2D eigenvalue weighted by atomic mass is 35.5. The van der Waals surface area contributed by atoms with Crippen LogP contribution in [0.3, 0.4) is 0 Å². The fourth-order valence-electron chi connectivity index (χ4n) is 2.56. The van der Waals surface area contributed by atoms with Crippen molar-refractivity contribution in [3.05, 3.63) is 52.4 Å². The van der Waals surface area contributed by atoms with Gasteiger partial charge in [0.05, 0.1) is 10.6 Å². The smallest absolute Gasteiger partial charge is 0.133 e. The molecule has 5 heteroatoms. The van der Waals surface area contributed by atoms with Gasteiger partial charge in [0.25, 0.3) is 0 Å². The Labute approximate surface area is 125 Å². The minimum Gasteiger partial charge on any atom is -0.369 e. The van der Waals surface area contributed by atoms with Gasteiger partial charge in [0.1, 0.15) is 11.5 Å². The van der Waals surface area contributed by atoms with Crippen LogP contribution in [0.2, 0.25) is 5.02 Å². The molecular formula is C15H12ClN3S. The van der Waals surface area contributed by atoms with Gasteiger partial charge in [-0.3, -0.25) is 0 Å². The van der Waals surface area contributed by atoms with E-state index in [0.717, 1.165) is 35.2 Å². The summed E-state index contributed by atoms with van der Waals surface area (Å²) >= 11 is 7.69. The van der Waals surface area contributed by atoms with E-state index in [2.05, 4.69) is 22.8 Å². The second-order valence-corrected chi connectivity index (χ2v) is 6.10. The quantitative estimate of drug-likeness (QED) is 0.768. The first kappa shape index (κ1) is 12.0. The van der Waals surface area contributed by atoms with Gasteiger partial charge in [-0.25, -0.2) is 4.68 Å². The highest BCUT2D eigenvalue weighted by molar-refractivity contribution is 7.13. The zero-order valence-electron chi connectivity index (χ0n) is 10.6. The summed E-state index contributed by atoms with van der Waals surface area (Å²) in [7, 11) is 0. The number of hydrogen-bond acceptors (Lipinski definition) is 3. The monoisotopic (exact) mass is 301 g/mol. The van der Waals surface area contributed by atoms with Crippen molar-refractivity contribution in [2.24, 2.45) is 0 Å². The van der Waals surface area contributed by atoms with Crippen molar-refractivity contribution in [1.82, 2.24) is 9.78 Å². The molecule has 0 atom stereocenters. The molecule has 3 nitrogen and oxygen atoms in total. The topological polar surface area (TPSA) is 29.9 Å². The van der Waals surface area contributed by atoms with Crippen molar-refractivity contribution in [2.75, 3.05) is 11.9 Å². The van der Waals surface area contributed by atoms with Crippen molar-refractivity contribution in [2.45, 2.75) is 6.42 Å². The number of aromatic nitrogens is 2. The summed E-state index contributed by atoms with van der Waals surface area (Å²) in [6, 6.07) is 12.0. The van der Waals surface area contributed by atoms with Crippen LogP contribution >= 0.6 is 22.9 Å². The number of thiophene rings is 1. The summed E-state index contributed by atoms with van der Waals surface area (Å²) in [5.74, 6) is 1.11. The molecule has 20 heavy (non-hydrogen) atoms. The molecule has 0 saturated heterocycles. The van der Waals surface area contributed by atoms with Crippen molar-refractivity contribution in [3.63, 3.8) is 0 Å². The van der Waals surface area contributed by atoms with Gasteiger partial charge >= 0.3 is 0 Å². The van der Waals surface area contributed by atoms with Gasteiger partial charge in [0.15, 0.2) is 0 Å². The van der Waals surface area contributed by atoms with Gasteiger partial charge in [0, 0.05) is 17.1 Å². The molecule has 0 saturated carbocycles. The Bertz CT molecular complexity index is 744. The van der Waals surface area contributed by atoms with Crippen LogP contribution in [0.15, 0.2) is 41.8 Å². The molecule has 1 aliphatic heterocycles. The Kier molecular flexibility index (Phi) is 2.79. The molecule has 3 heterocycles. The fourth-order valence-corrected chi connectivity index (χ4v) is 3.42. The van der Waals surface area contributed by atoms with Crippen molar-refractivity contribution >= 4 is 28.8 Å². The first-order valence-corrected chi connectivity index (χ1v) is 7.74. The predicted molar refractivity (Wildman–Crippen MR) is 84.1 cm³/mol. The average Bonchev–Trinajstić information content (AvgIpc) is 3.16. The zero-order chi connectivity index (χ0) is 13.5. The summed E-state index contributed by atoms with van der Waals surface area (Å²) in [6.45, 7) is 0.971.